The molecular formula is C9H18N2S. The summed E-state index contributed by atoms with van der Waals surface area (Å²) in [6.07, 6.45) is 0. The average Bonchev–Trinajstić information content (AvgIpc) is 2.34. The highest BCUT2D eigenvalue weighted by atomic mass is 32.2. The topological polar surface area (TPSA) is 15.6 Å². The van der Waals surface area contributed by atoms with Gasteiger partial charge in [-0.3, -0.25) is 4.99 Å². The highest BCUT2D eigenvalue weighted by Crippen LogP contribution is 2.23. The molecular weight excluding hydrogens is 168 g/mol. The molecule has 1 aliphatic heterocycles. The molecule has 2 nitrogen and oxygen atoms in total. The third-order valence-electron chi connectivity index (χ3n) is 1.80. The molecule has 0 aliphatic carbocycles. The van der Waals surface area contributed by atoms with Crippen molar-refractivity contribution in [2.45, 2.75) is 19.9 Å². The van der Waals surface area contributed by atoms with Gasteiger partial charge in [0.2, 0.25) is 0 Å². The Morgan fingerprint density at radius 2 is 2.25 bits per heavy atom. The summed E-state index contributed by atoms with van der Waals surface area (Å²) in [5, 5.41) is 1.34. The lowest BCUT2D eigenvalue weighted by Gasteiger charge is -2.12. The van der Waals surface area contributed by atoms with Crippen molar-refractivity contribution in [1.82, 2.24) is 4.90 Å². The Morgan fingerprint density at radius 1 is 1.58 bits per heavy atom. The molecule has 0 N–H and O–H groups in total. The van der Waals surface area contributed by atoms with E-state index in [0.717, 1.165) is 6.54 Å². The van der Waals surface area contributed by atoms with Crippen LogP contribution in [0.1, 0.15) is 13.8 Å². The maximum atomic E-state index is 4.67. The molecule has 0 fully saturated rings. The first-order valence-corrected chi connectivity index (χ1v) is 5.43. The van der Waals surface area contributed by atoms with Gasteiger partial charge >= 0.3 is 0 Å². The van der Waals surface area contributed by atoms with Crippen molar-refractivity contribution in [2.24, 2.45) is 10.9 Å². The van der Waals surface area contributed by atoms with E-state index >= 15 is 0 Å². The number of thioether (sulfide) groups is 1. The molecule has 1 unspecified atom stereocenters. The van der Waals surface area contributed by atoms with Gasteiger partial charge in [-0.1, -0.05) is 13.8 Å². The molecule has 0 spiro atoms. The lowest BCUT2D eigenvalue weighted by molar-refractivity contribution is 0.387. The van der Waals surface area contributed by atoms with Crippen LogP contribution >= 0.6 is 11.8 Å². The normalized spacial score (nSPS) is 23.8. The Bertz CT molecular complexity index is 175. The van der Waals surface area contributed by atoms with Gasteiger partial charge < -0.3 is 4.90 Å². The first-order valence-electron chi connectivity index (χ1n) is 4.45. The zero-order valence-electron chi connectivity index (χ0n) is 8.37. The van der Waals surface area contributed by atoms with Crippen LogP contribution in [0.5, 0.6) is 0 Å². The molecule has 0 bridgehead atoms. The van der Waals surface area contributed by atoms with Gasteiger partial charge in [0.1, 0.15) is 0 Å². The van der Waals surface area contributed by atoms with E-state index in [-0.39, 0.29) is 0 Å². The first-order chi connectivity index (χ1) is 5.59. The van der Waals surface area contributed by atoms with Crippen molar-refractivity contribution >= 4 is 16.8 Å². The Labute approximate surface area is 79.4 Å². The molecule has 0 saturated heterocycles. The molecule has 12 heavy (non-hydrogen) atoms. The molecule has 0 radical (unpaired) electrons. The number of nitrogens with zero attached hydrogens (tertiary/aromatic N) is 2. The molecule has 0 aromatic heterocycles. The molecule has 0 saturated carbocycles. The van der Waals surface area contributed by atoms with Crippen LogP contribution in [0, 0.1) is 5.92 Å². The first kappa shape index (κ1) is 10.1. The fourth-order valence-electron chi connectivity index (χ4n) is 1.27. The summed E-state index contributed by atoms with van der Waals surface area (Å²) >= 11 is 1.92. The summed E-state index contributed by atoms with van der Waals surface area (Å²) in [6, 6.07) is 0.530. The smallest absolute Gasteiger partial charge is 0.0730 e. The highest BCUT2D eigenvalue weighted by molar-refractivity contribution is 8.14. The van der Waals surface area contributed by atoms with Crippen molar-refractivity contribution in [1.29, 1.82) is 0 Å². The van der Waals surface area contributed by atoms with Crippen LogP contribution in [0.4, 0.5) is 0 Å². The summed E-state index contributed by atoms with van der Waals surface area (Å²) < 4.78 is 0. The van der Waals surface area contributed by atoms with Crippen LogP contribution < -0.4 is 0 Å². The summed E-state index contributed by atoms with van der Waals surface area (Å²) in [5.74, 6) is 1.79. The number of hydrogen-bond acceptors (Lipinski definition) is 3. The SMILES string of the molecule is CC(C)C1=NC(CN(C)C)CS1. The minimum Gasteiger partial charge on any atom is -0.307 e. The molecule has 70 valence electrons. The predicted octanol–water partition coefficient (Wildman–Crippen LogP) is 1.72. The molecule has 1 atom stereocenters. The van der Waals surface area contributed by atoms with E-state index in [1.165, 1.54) is 10.8 Å². The van der Waals surface area contributed by atoms with Crippen LogP contribution in [0.15, 0.2) is 4.99 Å². The lowest BCUT2D eigenvalue weighted by atomic mass is 10.2. The monoisotopic (exact) mass is 186 g/mol. The average molecular weight is 186 g/mol. The molecule has 0 amide bonds. The zero-order valence-corrected chi connectivity index (χ0v) is 9.19. The molecule has 3 heteroatoms. The van der Waals surface area contributed by atoms with Crippen molar-refractivity contribution in [3.63, 3.8) is 0 Å². The van der Waals surface area contributed by atoms with Gasteiger partial charge in [-0.2, -0.15) is 0 Å². The second-order valence-electron chi connectivity index (χ2n) is 3.85. The van der Waals surface area contributed by atoms with Crippen molar-refractivity contribution in [2.75, 3.05) is 26.4 Å². The van der Waals surface area contributed by atoms with Crippen molar-refractivity contribution < 1.29 is 0 Å². The zero-order chi connectivity index (χ0) is 9.14. The van der Waals surface area contributed by atoms with Crippen LogP contribution in [-0.2, 0) is 0 Å². The van der Waals surface area contributed by atoms with Gasteiger partial charge in [-0.25, -0.2) is 0 Å². The Morgan fingerprint density at radius 3 is 2.67 bits per heavy atom. The van der Waals surface area contributed by atoms with E-state index < -0.39 is 0 Å². The molecule has 0 aromatic rings. The summed E-state index contributed by atoms with van der Waals surface area (Å²) in [4.78, 5) is 6.87. The number of hydrogen-bond donors (Lipinski definition) is 0. The van der Waals surface area contributed by atoms with E-state index in [2.05, 4.69) is 37.8 Å². The number of likely N-dealkylation sites (N-methyl/N-ethyl adjacent to an activating group) is 1. The van der Waals surface area contributed by atoms with Gasteiger partial charge in [0, 0.05) is 18.2 Å². The van der Waals surface area contributed by atoms with Gasteiger partial charge in [-0.05, 0) is 14.1 Å². The van der Waals surface area contributed by atoms with E-state index in [1.54, 1.807) is 0 Å². The molecule has 1 aliphatic rings. The Balaban J connectivity index is 2.42. The van der Waals surface area contributed by atoms with Crippen LogP contribution in [0.25, 0.3) is 0 Å². The maximum absolute atomic E-state index is 4.67. The van der Waals surface area contributed by atoms with Gasteiger partial charge in [-0.15, -0.1) is 11.8 Å². The second-order valence-corrected chi connectivity index (χ2v) is 4.89. The minimum absolute atomic E-state index is 0.530. The molecule has 1 rings (SSSR count). The standard InChI is InChI=1S/C9H18N2S/c1-7(2)9-10-8(6-12-9)5-11(3)4/h7-8H,5-6H2,1-4H3. The van der Waals surface area contributed by atoms with E-state index in [9.17, 15) is 0 Å². The number of rotatable bonds is 3. The van der Waals surface area contributed by atoms with Crippen molar-refractivity contribution in [3.05, 3.63) is 0 Å². The second kappa shape index (κ2) is 4.28. The third kappa shape index (κ3) is 2.79. The summed E-state index contributed by atoms with van der Waals surface area (Å²) in [5.41, 5.74) is 0. The van der Waals surface area contributed by atoms with Crippen LogP contribution in [0.3, 0.4) is 0 Å². The van der Waals surface area contributed by atoms with Crippen LogP contribution in [0.2, 0.25) is 0 Å². The van der Waals surface area contributed by atoms with Gasteiger partial charge in [0.15, 0.2) is 0 Å². The van der Waals surface area contributed by atoms with Crippen LogP contribution in [-0.4, -0.2) is 42.4 Å². The van der Waals surface area contributed by atoms with Crippen molar-refractivity contribution in [3.8, 4) is 0 Å². The van der Waals surface area contributed by atoms with Gasteiger partial charge in [0.05, 0.1) is 11.1 Å². The molecule has 0 aromatic carbocycles. The Hall–Kier alpha value is -0.0200. The van der Waals surface area contributed by atoms with E-state index in [0.29, 0.717) is 12.0 Å². The molecule has 1 heterocycles. The Kier molecular flexibility index (Phi) is 3.59. The van der Waals surface area contributed by atoms with E-state index in [1.807, 2.05) is 11.8 Å². The third-order valence-corrected chi connectivity index (χ3v) is 3.23. The maximum Gasteiger partial charge on any atom is 0.0730 e. The number of aliphatic imine (C=N–C) groups is 1. The highest BCUT2D eigenvalue weighted by Gasteiger charge is 2.20. The summed E-state index contributed by atoms with van der Waals surface area (Å²) in [6.45, 7) is 5.51. The fourth-order valence-corrected chi connectivity index (χ4v) is 2.37. The quantitative estimate of drug-likeness (QED) is 0.667. The lowest BCUT2D eigenvalue weighted by Crippen LogP contribution is -2.24. The fraction of sp³-hybridized carbons (Fsp3) is 0.889. The largest absolute Gasteiger partial charge is 0.307 e. The minimum atomic E-state index is 0.530. The summed E-state index contributed by atoms with van der Waals surface area (Å²) in [7, 11) is 4.21. The van der Waals surface area contributed by atoms with E-state index in [4.69, 9.17) is 0 Å². The predicted molar refractivity (Wildman–Crippen MR) is 57.1 cm³/mol. The van der Waals surface area contributed by atoms with Gasteiger partial charge in [0.25, 0.3) is 0 Å².